The molecule has 0 unspecified atom stereocenters. The lowest BCUT2D eigenvalue weighted by atomic mass is 10.2. The van der Waals surface area contributed by atoms with E-state index in [9.17, 15) is 19.7 Å². The van der Waals surface area contributed by atoms with E-state index < -0.39 is 10.8 Å². The van der Waals surface area contributed by atoms with Crippen LogP contribution in [0.4, 0.5) is 11.4 Å². The maximum atomic E-state index is 13.0. The summed E-state index contributed by atoms with van der Waals surface area (Å²) in [6.07, 6.45) is 0.504. The first-order chi connectivity index (χ1) is 13.2. The maximum absolute atomic E-state index is 13.0. The average molecular weight is 400 g/mol. The Balaban J connectivity index is 1.96. The second-order valence-corrected chi connectivity index (χ2v) is 7.74. The Morgan fingerprint density at radius 1 is 1.32 bits per heavy atom. The van der Waals surface area contributed by atoms with Crippen LogP contribution in [0, 0.1) is 30.9 Å². The number of hydrogen-bond acceptors (Lipinski definition) is 6. The highest BCUT2D eigenvalue weighted by molar-refractivity contribution is 7.18. The molecule has 0 aliphatic rings. The van der Waals surface area contributed by atoms with Crippen LogP contribution in [0.25, 0.3) is 10.2 Å². The summed E-state index contributed by atoms with van der Waals surface area (Å²) < 4.78 is 1.38. The number of aromatic nitrogens is 2. The van der Waals surface area contributed by atoms with E-state index in [2.05, 4.69) is 10.3 Å². The third-order valence-corrected chi connectivity index (χ3v) is 5.79. The van der Waals surface area contributed by atoms with Gasteiger partial charge in [0.05, 0.1) is 16.0 Å². The molecule has 0 spiro atoms. The number of nitro groups is 1. The van der Waals surface area contributed by atoms with E-state index >= 15 is 0 Å². The van der Waals surface area contributed by atoms with Crippen LogP contribution in [-0.2, 0) is 17.8 Å². The van der Waals surface area contributed by atoms with E-state index in [4.69, 9.17) is 0 Å². The monoisotopic (exact) mass is 400 g/mol. The van der Waals surface area contributed by atoms with Gasteiger partial charge in [-0.2, -0.15) is 0 Å². The number of fused-ring (bicyclic) bond motifs is 1. The Hall–Kier alpha value is -3.07. The summed E-state index contributed by atoms with van der Waals surface area (Å²) in [6, 6.07) is 4.26. The van der Waals surface area contributed by atoms with Gasteiger partial charge in [-0.1, -0.05) is 13.0 Å². The van der Waals surface area contributed by atoms with Crippen LogP contribution in [0.15, 0.2) is 23.0 Å². The number of nitrogens with zero attached hydrogens (tertiary/aromatic N) is 3. The van der Waals surface area contributed by atoms with Gasteiger partial charge < -0.3 is 5.32 Å². The summed E-state index contributed by atoms with van der Waals surface area (Å²) in [5.41, 5.74) is 1.57. The molecular weight excluding hydrogens is 380 g/mol. The zero-order chi connectivity index (χ0) is 20.6. The SMILES string of the molecule is CCc1nc2sc(C)c(C)c2c(=O)n1CC(=O)Nc1cc([N+](=O)[O-])ccc1C. The number of carbonyl (C=O) groups excluding carboxylic acids is 1. The lowest BCUT2D eigenvalue weighted by Gasteiger charge is -2.13. The van der Waals surface area contributed by atoms with Crippen LogP contribution in [0.2, 0.25) is 0 Å². The first-order valence-electron chi connectivity index (χ1n) is 8.77. The fourth-order valence-electron chi connectivity index (χ4n) is 2.99. The molecule has 8 nitrogen and oxygen atoms in total. The summed E-state index contributed by atoms with van der Waals surface area (Å²) in [5.74, 6) is 0.0933. The third kappa shape index (κ3) is 3.53. The Labute approximate surface area is 165 Å². The first kappa shape index (κ1) is 19.7. The fourth-order valence-corrected chi connectivity index (χ4v) is 4.03. The molecule has 0 saturated carbocycles. The number of carbonyl (C=O) groups is 1. The molecule has 1 aromatic carbocycles. The largest absolute Gasteiger partial charge is 0.324 e. The molecule has 2 heterocycles. The van der Waals surface area contributed by atoms with Crippen molar-refractivity contribution in [3.8, 4) is 0 Å². The zero-order valence-electron chi connectivity index (χ0n) is 16.0. The lowest BCUT2D eigenvalue weighted by Crippen LogP contribution is -2.31. The molecule has 0 atom stereocenters. The molecule has 3 rings (SSSR count). The van der Waals surface area contributed by atoms with Gasteiger partial charge in [-0.05, 0) is 31.9 Å². The number of nitro benzene ring substituents is 1. The van der Waals surface area contributed by atoms with Crippen LogP contribution >= 0.6 is 11.3 Å². The van der Waals surface area contributed by atoms with Gasteiger partial charge in [0.2, 0.25) is 5.91 Å². The minimum atomic E-state index is -0.520. The predicted octanol–water partition coefficient (Wildman–Crippen LogP) is 3.49. The van der Waals surface area contributed by atoms with Crippen molar-refractivity contribution in [3.05, 3.63) is 60.5 Å². The number of nitrogens with one attached hydrogen (secondary N) is 1. The molecule has 0 radical (unpaired) electrons. The second kappa shape index (κ2) is 7.51. The molecule has 1 amide bonds. The van der Waals surface area contributed by atoms with Gasteiger partial charge in [-0.15, -0.1) is 11.3 Å². The molecular formula is C19H20N4O4S. The summed E-state index contributed by atoms with van der Waals surface area (Å²) >= 11 is 1.47. The van der Waals surface area contributed by atoms with Gasteiger partial charge in [0, 0.05) is 23.4 Å². The van der Waals surface area contributed by atoms with Gasteiger partial charge in [0.25, 0.3) is 11.2 Å². The highest BCUT2D eigenvalue weighted by atomic mass is 32.1. The van der Waals surface area contributed by atoms with Crippen molar-refractivity contribution in [1.29, 1.82) is 0 Å². The molecule has 0 aliphatic carbocycles. The van der Waals surface area contributed by atoms with Crippen LogP contribution in [0.3, 0.4) is 0 Å². The topological polar surface area (TPSA) is 107 Å². The van der Waals surface area contributed by atoms with Crippen LogP contribution in [0.5, 0.6) is 0 Å². The number of benzene rings is 1. The maximum Gasteiger partial charge on any atom is 0.271 e. The van der Waals surface area contributed by atoms with Gasteiger partial charge in [-0.25, -0.2) is 4.98 Å². The number of aryl methyl sites for hydroxylation is 4. The van der Waals surface area contributed by atoms with E-state index in [0.29, 0.717) is 33.7 Å². The number of hydrogen-bond donors (Lipinski definition) is 1. The van der Waals surface area contributed by atoms with Gasteiger partial charge >= 0.3 is 0 Å². The van der Waals surface area contributed by atoms with Crippen molar-refractivity contribution in [1.82, 2.24) is 9.55 Å². The fraction of sp³-hybridized carbons (Fsp3) is 0.316. The number of anilines is 1. The van der Waals surface area contributed by atoms with Crippen molar-refractivity contribution in [2.45, 2.75) is 40.7 Å². The Kier molecular flexibility index (Phi) is 5.28. The third-order valence-electron chi connectivity index (χ3n) is 4.69. The van der Waals surface area contributed by atoms with Gasteiger partial charge in [0.1, 0.15) is 17.2 Å². The smallest absolute Gasteiger partial charge is 0.271 e. The molecule has 3 aromatic rings. The first-order valence-corrected chi connectivity index (χ1v) is 9.58. The van der Waals surface area contributed by atoms with Gasteiger partial charge in [-0.3, -0.25) is 24.3 Å². The average Bonchev–Trinajstić information content (AvgIpc) is 2.93. The Bertz CT molecular complexity index is 1160. The Morgan fingerprint density at radius 2 is 2.04 bits per heavy atom. The molecule has 0 saturated heterocycles. The minimum absolute atomic E-state index is 0.111. The van der Waals surface area contributed by atoms with Crippen molar-refractivity contribution in [2.24, 2.45) is 0 Å². The van der Waals surface area contributed by atoms with Crippen molar-refractivity contribution >= 4 is 38.8 Å². The highest BCUT2D eigenvalue weighted by Gasteiger charge is 2.18. The number of non-ortho nitro benzene ring substituents is 1. The normalized spacial score (nSPS) is 11.0. The molecule has 1 N–H and O–H groups in total. The second-order valence-electron chi connectivity index (χ2n) is 6.54. The molecule has 146 valence electrons. The van der Waals surface area contributed by atoms with E-state index in [1.165, 1.54) is 28.0 Å². The zero-order valence-corrected chi connectivity index (χ0v) is 16.8. The summed E-state index contributed by atoms with van der Waals surface area (Å²) in [7, 11) is 0. The highest BCUT2D eigenvalue weighted by Crippen LogP contribution is 2.26. The summed E-state index contributed by atoms with van der Waals surface area (Å²) in [4.78, 5) is 42.3. The standard InChI is InChI=1S/C19H20N4O4S/c1-5-15-21-18-17(11(3)12(4)28-18)19(25)22(15)9-16(24)20-14-8-13(23(26)27)7-6-10(14)2/h6-8H,5,9H2,1-4H3,(H,20,24). The summed E-state index contributed by atoms with van der Waals surface area (Å²) in [5, 5.41) is 14.2. The molecule has 28 heavy (non-hydrogen) atoms. The molecule has 2 aromatic heterocycles. The predicted molar refractivity (Wildman–Crippen MR) is 109 cm³/mol. The van der Waals surface area contributed by atoms with Crippen LogP contribution in [0.1, 0.15) is 28.8 Å². The number of thiophene rings is 1. The van der Waals surface area contributed by atoms with Crippen molar-refractivity contribution in [3.63, 3.8) is 0 Å². The van der Waals surface area contributed by atoms with Gasteiger partial charge in [0.15, 0.2) is 0 Å². The lowest BCUT2D eigenvalue weighted by molar-refractivity contribution is -0.384. The summed E-state index contributed by atoms with van der Waals surface area (Å²) in [6.45, 7) is 7.23. The van der Waals surface area contributed by atoms with Crippen LogP contribution < -0.4 is 10.9 Å². The van der Waals surface area contributed by atoms with E-state index in [1.54, 1.807) is 13.0 Å². The number of rotatable bonds is 5. The van der Waals surface area contributed by atoms with E-state index in [1.807, 2.05) is 20.8 Å². The molecule has 0 bridgehead atoms. The minimum Gasteiger partial charge on any atom is -0.324 e. The van der Waals surface area contributed by atoms with E-state index in [-0.39, 0.29) is 17.8 Å². The van der Waals surface area contributed by atoms with Crippen molar-refractivity contribution in [2.75, 3.05) is 5.32 Å². The number of amides is 1. The Morgan fingerprint density at radius 3 is 2.68 bits per heavy atom. The molecule has 9 heteroatoms. The quantitative estimate of drug-likeness (QED) is 0.521. The van der Waals surface area contributed by atoms with Crippen LogP contribution in [-0.4, -0.2) is 20.4 Å². The van der Waals surface area contributed by atoms with E-state index in [0.717, 1.165) is 10.4 Å². The molecule has 0 aliphatic heterocycles. The van der Waals surface area contributed by atoms with Crippen molar-refractivity contribution < 1.29 is 9.72 Å². The molecule has 0 fully saturated rings.